The van der Waals surface area contributed by atoms with Gasteiger partial charge >= 0.3 is 5.69 Å². The van der Waals surface area contributed by atoms with Crippen molar-refractivity contribution in [1.82, 2.24) is 18.7 Å². The molecule has 0 saturated heterocycles. The third-order valence-electron chi connectivity index (χ3n) is 6.10. The van der Waals surface area contributed by atoms with Gasteiger partial charge in [0.15, 0.2) is 11.2 Å². The molecule has 0 amide bonds. The first-order valence-corrected chi connectivity index (χ1v) is 11.1. The third-order valence-corrected chi connectivity index (χ3v) is 6.47. The molecule has 2 aromatic heterocycles. The molecule has 0 fully saturated rings. The highest BCUT2D eigenvalue weighted by atomic mass is 35.5. The molecule has 0 radical (unpaired) electrons. The van der Waals surface area contributed by atoms with Crippen molar-refractivity contribution in [1.29, 1.82) is 0 Å². The van der Waals surface area contributed by atoms with Crippen LogP contribution in [0, 0.1) is 5.92 Å². The number of hydrogen-bond acceptors (Lipinski definition) is 5. The Kier molecular flexibility index (Phi) is 5.25. The minimum atomic E-state index is -0.431. The quantitative estimate of drug-likeness (QED) is 0.462. The molecule has 0 spiro atoms. The molecule has 0 bridgehead atoms. The maximum Gasteiger partial charge on any atom is 0.332 e. The van der Waals surface area contributed by atoms with Crippen LogP contribution in [-0.4, -0.2) is 32.3 Å². The van der Waals surface area contributed by atoms with Gasteiger partial charge in [-0.2, -0.15) is 4.98 Å². The molecule has 1 aliphatic heterocycles. The average molecular weight is 466 g/mol. The number of para-hydroxylation sites is 2. The lowest BCUT2D eigenvalue weighted by atomic mass is 10.1. The van der Waals surface area contributed by atoms with E-state index in [1.54, 1.807) is 20.2 Å². The van der Waals surface area contributed by atoms with Crippen LogP contribution in [0.2, 0.25) is 5.02 Å². The standard InChI is InChI=1S/C24H24ClN5O3/c1-15-12-28(18-10-6-7-11-19(18)33-3)23-26-21-20(29(23)13-15)22(31)30(24(32)27(21)2)14-16-8-4-5-9-17(16)25/h4-11,15H,12-14H2,1-3H3/t15-/m1/s1. The average Bonchev–Trinajstić information content (AvgIpc) is 3.20. The fourth-order valence-corrected chi connectivity index (χ4v) is 4.69. The highest BCUT2D eigenvalue weighted by molar-refractivity contribution is 6.31. The second kappa shape index (κ2) is 8.12. The molecule has 4 aromatic rings. The Labute approximate surface area is 195 Å². The number of ether oxygens (including phenoxy) is 1. The molecule has 1 aliphatic rings. The van der Waals surface area contributed by atoms with E-state index in [9.17, 15) is 9.59 Å². The first-order chi connectivity index (χ1) is 15.9. The van der Waals surface area contributed by atoms with Crippen molar-refractivity contribution in [2.24, 2.45) is 13.0 Å². The number of halogens is 1. The molecular weight excluding hydrogens is 442 g/mol. The van der Waals surface area contributed by atoms with Crippen LogP contribution in [0.15, 0.2) is 58.1 Å². The fourth-order valence-electron chi connectivity index (χ4n) is 4.50. The number of imidazole rings is 1. The molecule has 5 rings (SSSR count). The predicted octanol–water partition coefficient (Wildman–Crippen LogP) is 3.39. The normalized spacial score (nSPS) is 15.6. The number of nitrogens with zero attached hydrogens (tertiary/aromatic N) is 5. The molecule has 0 aliphatic carbocycles. The maximum absolute atomic E-state index is 13.6. The van der Waals surface area contributed by atoms with Gasteiger partial charge in [-0.1, -0.05) is 48.9 Å². The number of anilines is 2. The van der Waals surface area contributed by atoms with Crippen molar-refractivity contribution in [3.63, 3.8) is 0 Å². The Hall–Kier alpha value is -3.52. The van der Waals surface area contributed by atoms with Crippen molar-refractivity contribution in [2.75, 3.05) is 18.6 Å². The molecule has 2 aromatic carbocycles. The Morgan fingerprint density at radius 2 is 1.82 bits per heavy atom. The second-order valence-electron chi connectivity index (χ2n) is 8.41. The third kappa shape index (κ3) is 3.41. The highest BCUT2D eigenvalue weighted by Crippen LogP contribution is 2.37. The van der Waals surface area contributed by atoms with E-state index in [1.165, 1.54) is 9.13 Å². The topological polar surface area (TPSA) is 74.3 Å². The van der Waals surface area contributed by atoms with Gasteiger partial charge in [0.1, 0.15) is 5.75 Å². The van der Waals surface area contributed by atoms with Crippen LogP contribution in [0.1, 0.15) is 12.5 Å². The van der Waals surface area contributed by atoms with E-state index in [2.05, 4.69) is 11.8 Å². The largest absolute Gasteiger partial charge is 0.495 e. The summed E-state index contributed by atoms with van der Waals surface area (Å²) < 4.78 is 10.2. The van der Waals surface area contributed by atoms with E-state index >= 15 is 0 Å². The minimum absolute atomic E-state index is 0.0907. The summed E-state index contributed by atoms with van der Waals surface area (Å²) in [4.78, 5) is 33.6. The van der Waals surface area contributed by atoms with Gasteiger partial charge in [-0.05, 0) is 29.7 Å². The van der Waals surface area contributed by atoms with Gasteiger partial charge in [-0.3, -0.25) is 13.9 Å². The number of aryl methyl sites for hydroxylation is 1. The van der Waals surface area contributed by atoms with Crippen LogP contribution < -0.4 is 20.9 Å². The van der Waals surface area contributed by atoms with Gasteiger partial charge < -0.3 is 14.2 Å². The molecular formula is C24H24ClN5O3. The van der Waals surface area contributed by atoms with Crippen LogP contribution in [0.25, 0.3) is 11.2 Å². The number of aromatic nitrogens is 4. The van der Waals surface area contributed by atoms with Crippen molar-refractivity contribution in [2.45, 2.75) is 20.0 Å². The summed E-state index contributed by atoms with van der Waals surface area (Å²) >= 11 is 6.31. The fraction of sp³-hybridized carbons (Fsp3) is 0.292. The first-order valence-electron chi connectivity index (χ1n) is 10.7. The zero-order chi connectivity index (χ0) is 23.3. The van der Waals surface area contributed by atoms with E-state index in [-0.39, 0.29) is 18.0 Å². The number of benzene rings is 2. The number of rotatable bonds is 4. The van der Waals surface area contributed by atoms with Gasteiger partial charge in [0.05, 0.1) is 19.3 Å². The molecule has 1 atom stereocenters. The summed E-state index contributed by atoms with van der Waals surface area (Å²) in [6.07, 6.45) is 0. The van der Waals surface area contributed by atoms with Crippen molar-refractivity contribution < 1.29 is 4.74 Å². The second-order valence-corrected chi connectivity index (χ2v) is 8.81. The van der Waals surface area contributed by atoms with E-state index in [1.807, 2.05) is 47.0 Å². The van der Waals surface area contributed by atoms with Crippen LogP contribution in [0.4, 0.5) is 11.6 Å². The molecule has 0 N–H and O–H groups in total. The van der Waals surface area contributed by atoms with E-state index in [0.717, 1.165) is 11.4 Å². The zero-order valence-corrected chi connectivity index (χ0v) is 19.4. The Balaban J connectivity index is 1.74. The van der Waals surface area contributed by atoms with Crippen LogP contribution in [0.3, 0.4) is 0 Å². The summed E-state index contributed by atoms with van der Waals surface area (Å²) in [7, 11) is 3.27. The Morgan fingerprint density at radius 1 is 1.09 bits per heavy atom. The number of methoxy groups -OCH3 is 1. The molecule has 33 heavy (non-hydrogen) atoms. The summed E-state index contributed by atoms with van der Waals surface area (Å²) in [5.74, 6) is 1.58. The van der Waals surface area contributed by atoms with E-state index in [4.69, 9.17) is 21.3 Å². The van der Waals surface area contributed by atoms with E-state index < -0.39 is 5.69 Å². The monoisotopic (exact) mass is 465 g/mol. The lowest BCUT2D eigenvalue weighted by Gasteiger charge is -2.33. The zero-order valence-electron chi connectivity index (χ0n) is 18.7. The SMILES string of the molecule is COc1ccccc1N1C[C@@H](C)Cn2c1nc1c2c(=O)n(Cc2ccccc2Cl)c(=O)n1C. The molecule has 9 heteroatoms. The summed E-state index contributed by atoms with van der Waals surface area (Å²) in [6, 6.07) is 14.9. The lowest BCUT2D eigenvalue weighted by Crippen LogP contribution is -2.40. The highest BCUT2D eigenvalue weighted by Gasteiger charge is 2.31. The van der Waals surface area contributed by atoms with Gasteiger partial charge in [0.25, 0.3) is 5.56 Å². The van der Waals surface area contributed by atoms with E-state index in [0.29, 0.717) is 40.8 Å². The summed E-state index contributed by atoms with van der Waals surface area (Å²) in [5.41, 5.74) is 1.54. The van der Waals surface area contributed by atoms with Crippen molar-refractivity contribution in [3.8, 4) is 5.75 Å². The van der Waals surface area contributed by atoms with Crippen molar-refractivity contribution >= 4 is 34.4 Å². The first kappa shape index (κ1) is 21.3. The maximum atomic E-state index is 13.6. The minimum Gasteiger partial charge on any atom is -0.495 e. The van der Waals surface area contributed by atoms with Crippen LogP contribution in [0.5, 0.6) is 5.75 Å². The molecule has 0 saturated carbocycles. The van der Waals surface area contributed by atoms with Gasteiger partial charge in [0, 0.05) is 25.2 Å². The summed E-state index contributed by atoms with van der Waals surface area (Å²) in [5, 5.41) is 0.512. The molecule has 3 heterocycles. The van der Waals surface area contributed by atoms with Gasteiger partial charge in [0.2, 0.25) is 5.95 Å². The Bertz CT molecular complexity index is 1490. The Morgan fingerprint density at radius 3 is 2.58 bits per heavy atom. The van der Waals surface area contributed by atoms with Crippen LogP contribution >= 0.6 is 11.6 Å². The van der Waals surface area contributed by atoms with Gasteiger partial charge in [-0.15, -0.1) is 0 Å². The number of hydrogen-bond donors (Lipinski definition) is 0. The lowest BCUT2D eigenvalue weighted by molar-refractivity contribution is 0.409. The molecule has 0 unspecified atom stereocenters. The molecule has 170 valence electrons. The van der Waals surface area contributed by atoms with Crippen molar-refractivity contribution in [3.05, 3.63) is 80.0 Å². The predicted molar refractivity (Wildman–Crippen MR) is 129 cm³/mol. The summed E-state index contributed by atoms with van der Waals surface area (Å²) in [6.45, 7) is 3.55. The number of fused-ring (bicyclic) bond motifs is 3. The molecule has 8 nitrogen and oxygen atoms in total. The smallest absolute Gasteiger partial charge is 0.332 e. The van der Waals surface area contributed by atoms with Gasteiger partial charge in [-0.25, -0.2) is 4.79 Å². The van der Waals surface area contributed by atoms with Crippen LogP contribution in [-0.2, 0) is 20.1 Å².